The second kappa shape index (κ2) is 7.69. The van der Waals surface area contributed by atoms with E-state index in [1.807, 2.05) is 48.5 Å². The second-order valence-corrected chi connectivity index (χ2v) is 9.08. The summed E-state index contributed by atoms with van der Waals surface area (Å²) < 4.78 is 11.7. The second-order valence-electron chi connectivity index (χ2n) is 9.08. The molecular weight excluding hydrogens is 444 g/mol. The van der Waals surface area contributed by atoms with Gasteiger partial charge in [-0.25, -0.2) is 0 Å². The van der Waals surface area contributed by atoms with Crippen molar-refractivity contribution in [3.63, 3.8) is 0 Å². The molecule has 36 heavy (non-hydrogen) atoms. The normalized spacial score (nSPS) is 11.7. The molecule has 0 aliphatic heterocycles. The van der Waals surface area contributed by atoms with Crippen molar-refractivity contribution in [3.05, 3.63) is 107 Å². The lowest BCUT2D eigenvalue weighted by Gasteiger charge is -2.15. The molecule has 7 aromatic rings. The van der Waals surface area contributed by atoms with Crippen molar-refractivity contribution in [1.29, 1.82) is 0 Å². The zero-order chi connectivity index (χ0) is 24.4. The average Bonchev–Trinajstić information content (AvgIpc) is 3.58. The summed E-state index contributed by atoms with van der Waals surface area (Å²) in [5.74, 6) is 1.67. The molecule has 7 aromatic carbocycles. The van der Waals surface area contributed by atoms with Gasteiger partial charge in [0.2, 0.25) is 0 Å². The Morgan fingerprint density at radius 1 is 0.389 bits per heavy atom. The molecule has 0 unspecified atom stereocenters. The van der Waals surface area contributed by atoms with Crippen molar-refractivity contribution in [2.45, 2.75) is 0 Å². The minimum absolute atomic E-state index is 0.0935. The SMILES string of the molecule is COc1c2ccccc2c(-c2c(-c3c4ccccc4c(OC)c4ccccc34)c2=O)c2ccccc12. The molecule has 0 N–H and O–H groups in total. The molecule has 0 amide bonds. The molecule has 3 heteroatoms. The summed E-state index contributed by atoms with van der Waals surface area (Å²) in [6.45, 7) is 0. The molecule has 0 aliphatic rings. The summed E-state index contributed by atoms with van der Waals surface area (Å²) in [6, 6.07) is 32.7. The summed E-state index contributed by atoms with van der Waals surface area (Å²) in [7, 11) is 3.41. The van der Waals surface area contributed by atoms with Gasteiger partial charge >= 0.3 is 0 Å². The maximum atomic E-state index is 13.8. The van der Waals surface area contributed by atoms with Crippen molar-refractivity contribution >= 4 is 43.1 Å². The lowest BCUT2D eigenvalue weighted by molar-refractivity contribution is 0.424. The van der Waals surface area contributed by atoms with Crippen molar-refractivity contribution in [1.82, 2.24) is 0 Å². The van der Waals surface area contributed by atoms with Crippen LogP contribution in [0.15, 0.2) is 102 Å². The zero-order valence-corrected chi connectivity index (χ0v) is 20.0. The van der Waals surface area contributed by atoms with Crippen LogP contribution in [0, 0.1) is 0 Å². The Kier molecular flexibility index (Phi) is 4.43. The van der Waals surface area contributed by atoms with Gasteiger partial charge in [-0.3, -0.25) is 4.79 Å². The molecule has 7 rings (SSSR count). The van der Waals surface area contributed by atoms with E-state index < -0.39 is 0 Å². The van der Waals surface area contributed by atoms with E-state index in [-0.39, 0.29) is 5.43 Å². The van der Waals surface area contributed by atoms with Gasteiger partial charge in [-0.15, -0.1) is 0 Å². The number of rotatable bonds is 4. The van der Waals surface area contributed by atoms with E-state index in [1.165, 1.54) is 0 Å². The van der Waals surface area contributed by atoms with E-state index >= 15 is 0 Å². The molecule has 0 saturated heterocycles. The van der Waals surface area contributed by atoms with Gasteiger partial charge in [-0.1, -0.05) is 97.1 Å². The fraction of sp³-hybridized carbons (Fsp3) is 0.0606. The van der Waals surface area contributed by atoms with Crippen LogP contribution in [0.5, 0.6) is 11.5 Å². The minimum Gasteiger partial charge on any atom is -0.495 e. The smallest absolute Gasteiger partial charge is 0.195 e. The highest BCUT2D eigenvalue weighted by Gasteiger charge is 2.32. The van der Waals surface area contributed by atoms with Crippen molar-refractivity contribution in [2.75, 3.05) is 14.2 Å². The summed E-state index contributed by atoms with van der Waals surface area (Å²) in [5.41, 5.74) is 3.61. The maximum absolute atomic E-state index is 13.8. The van der Waals surface area contributed by atoms with Gasteiger partial charge in [-0.2, -0.15) is 0 Å². The maximum Gasteiger partial charge on any atom is 0.195 e. The first-order valence-corrected chi connectivity index (χ1v) is 12.0. The minimum atomic E-state index is 0.0935. The van der Waals surface area contributed by atoms with E-state index in [0.717, 1.165) is 76.8 Å². The molecule has 0 radical (unpaired) electrons. The van der Waals surface area contributed by atoms with E-state index in [2.05, 4.69) is 48.5 Å². The molecule has 0 atom stereocenters. The lowest BCUT2D eigenvalue weighted by atomic mass is 9.91. The quantitative estimate of drug-likeness (QED) is 0.248. The third kappa shape index (κ3) is 2.71. The van der Waals surface area contributed by atoms with Gasteiger partial charge in [0.05, 0.1) is 14.2 Å². The Morgan fingerprint density at radius 3 is 0.889 bits per heavy atom. The Morgan fingerprint density at radius 2 is 0.639 bits per heavy atom. The third-order valence-electron chi connectivity index (χ3n) is 7.31. The molecule has 3 nitrogen and oxygen atoms in total. The van der Waals surface area contributed by atoms with Gasteiger partial charge < -0.3 is 9.47 Å². The topological polar surface area (TPSA) is 35.5 Å². The van der Waals surface area contributed by atoms with Crippen molar-refractivity contribution < 1.29 is 9.47 Å². The summed E-state index contributed by atoms with van der Waals surface area (Å²) in [4.78, 5) is 13.8. The van der Waals surface area contributed by atoms with E-state index in [9.17, 15) is 4.79 Å². The first-order valence-electron chi connectivity index (χ1n) is 12.0. The Bertz CT molecular complexity index is 1730. The van der Waals surface area contributed by atoms with Crippen LogP contribution in [-0.4, -0.2) is 14.2 Å². The van der Waals surface area contributed by atoms with Crippen LogP contribution in [0.1, 0.15) is 0 Å². The van der Waals surface area contributed by atoms with E-state index in [1.54, 1.807) is 14.2 Å². The Labute approximate surface area is 207 Å². The largest absolute Gasteiger partial charge is 0.495 e. The molecule has 0 fully saturated rings. The van der Waals surface area contributed by atoms with Crippen molar-refractivity contribution in [2.24, 2.45) is 0 Å². The zero-order valence-electron chi connectivity index (χ0n) is 20.0. The van der Waals surface area contributed by atoms with Crippen LogP contribution < -0.4 is 14.9 Å². The number of hydrogen-bond donors (Lipinski definition) is 0. The lowest BCUT2D eigenvalue weighted by Crippen LogP contribution is -1.91. The van der Waals surface area contributed by atoms with Gasteiger partial charge in [0.15, 0.2) is 5.43 Å². The monoisotopic (exact) mass is 466 g/mol. The van der Waals surface area contributed by atoms with Gasteiger partial charge in [0, 0.05) is 43.8 Å². The molecule has 172 valence electrons. The summed E-state index contributed by atoms with van der Waals surface area (Å²) in [6.07, 6.45) is 0. The van der Waals surface area contributed by atoms with Crippen LogP contribution in [0.25, 0.3) is 65.3 Å². The fourth-order valence-electron chi connectivity index (χ4n) is 5.80. The van der Waals surface area contributed by atoms with Crippen LogP contribution in [0.3, 0.4) is 0 Å². The number of fused-ring (bicyclic) bond motifs is 4. The van der Waals surface area contributed by atoms with Crippen LogP contribution in [0.4, 0.5) is 0 Å². The van der Waals surface area contributed by atoms with Gasteiger partial charge in [0.1, 0.15) is 11.5 Å². The molecule has 0 spiro atoms. The molecular formula is C33H22O3. The van der Waals surface area contributed by atoms with Crippen LogP contribution >= 0.6 is 0 Å². The number of ether oxygens (including phenoxy) is 2. The Balaban J connectivity index is 1.63. The number of methoxy groups -OCH3 is 2. The van der Waals surface area contributed by atoms with E-state index in [0.29, 0.717) is 0 Å². The number of hydrogen-bond acceptors (Lipinski definition) is 3. The summed E-state index contributed by atoms with van der Waals surface area (Å²) in [5, 5.41) is 8.10. The highest BCUT2D eigenvalue weighted by atomic mass is 16.5. The van der Waals surface area contributed by atoms with E-state index in [4.69, 9.17) is 9.47 Å². The van der Waals surface area contributed by atoms with Crippen LogP contribution in [-0.2, 0) is 0 Å². The summed E-state index contributed by atoms with van der Waals surface area (Å²) >= 11 is 0. The molecule has 0 bridgehead atoms. The van der Waals surface area contributed by atoms with Gasteiger partial charge in [-0.05, 0) is 21.5 Å². The van der Waals surface area contributed by atoms with Gasteiger partial charge in [0.25, 0.3) is 0 Å². The number of benzene rings is 6. The Hall–Kier alpha value is -4.63. The fourth-order valence-corrected chi connectivity index (χ4v) is 5.80. The molecule has 0 saturated carbocycles. The predicted octanol–water partition coefficient (Wildman–Crippen LogP) is 7.89. The third-order valence-corrected chi connectivity index (χ3v) is 7.31. The first-order chi connectivity index (χ1) is 17.7. The van der Waals surface area contributed by atoms with Crippen LogP contribution in [0.2, 0.25) is 0 Å². The first kappa shape index (κ1) is 20.7. The predicted molar refractivity (Wildman–Crippen MR) is 149 cm³/mol. The standard InChI is InChI=1S/C33H22O3/c1-35-32-23-15-7-3-11-19(23)27(20-12-4-8-16-24(20)32)29-30(31(29)34)28-21-13-5-9-17-25(21)33(36-2)26-18-10-6-14-22(26)28/h3-18H,1-2H3. The molecule has 0 aromatic heterocycles. The highest BCUT2D eigenvalue weighted by Crippen LogP contribution is 2.50. The molecule has 0 heterocycles. The highest BCUT2D eigenvalue weighted by molar-refractivity contribution is 6.25. The van der Waals surface area contributed by atoms with Crippen molar-refractivity contribution in [3.8, 4) is 33.8 Å². The average molecular weight is 467 g/mol. The molecule has 0 aliphatic carbocycles.